The zero-order valence-corrected chi connectivity index (χ0v) is 23.7. The van der Waals surface area contributed by atoms with E-state index in [1.54, 1.807) is 12.3 Å². The molecule has 3 aromatic carbocycles. The van der Waals surface area contributed by atoms with Crippen molar-refractivity contribution in [2.24, 2.45) is 9.98 Å². The van der Waals surface area contributed by atoms with Crippen LogP contribution >= 0.6 is 0 Å². The Hall–Kier alpha value is -5.50. The van der Waals surface area contributed by atoms with Crippen LogP contribution in [0.15, 0.2) is 94.8 Å². The summed E-state index contributed by atoms with van der Waals surface area (Å²) in [6.07, 6.45) is 7.15. The van der Waals surface area contributed by atoms with Crippen molar-refractivity contribution in [2.45, 2.75) is 27.7 Å². The Labute approximate surface area is 242 Å². The second kappa shape index (κ2) is 9.85. The summed E-state index contributed by atoms with van der Waals surface area (Å²) in [5.74, 6) is 2.32. The highest BCUT2D eigenvalue weighted by molar-refractivity contribution is 5.96. The molecule has 2 aliphatic heterocycles. The number of urea groups is 1. The fourth-order valence-corrected chi connectivity index (χ4v) is 5.74. The van der Waals surface area contributed by atoms with Crippen LogP contribution in [0.25, 0.3) is 17.1 Å². The molecule has 7 rings (SSSR count). The summed E-state index contributed by atoms with van der Waals surface area (Å²) >= 11 is 0. The average Bonchev–Trinajstić information content (AvgIpc) is 3.27. The number of aliphatic imine (C=N–C) groups is 1. The van der Waals surface area contributed by atoms with Gasteiger partial charge in [0.1, 0.15) is 11.2 Å². The highest BCUT2D eigenvalue weighted by Gasteiger charge is 2.38. The normalized spacial score (nSPS) is 14.3. The van der Waals surface area contributed by atoms with Gasteiger partial charge in [0.05, 0.1) is 27.8 Å². The van der Waals surface area contributed by atoms with Gasteiger partial charge in [-0.25, -0.2) is 14.8 Å². The summed E-state index contributed by atoms with van der Waals surface area (Å²) in [5.41, 5.74) is 8.88. The Morgan fingerprint density at radius 1 is 0.667 bits per heavy atom. The van der Waals surface area contributed by atoms with Gasteiger partial charge in [-0.3, -0.25) is 14.8 Å². The van der Waals surface area contributed by atoms with Gasteiger partial charge in [-0.15, -0.1) is 0 Å². The standard InChI is InChI=1S/C34H27N7O/c1-20-9-7-10-21(2)30(20)40-28(16-15-27-29-24(17-18-35-27)19-36-34(42)39-29)41(31-22(3)11-8-12-23(31)4)33-32(40)37-25-13-5-6-14-26(25)38-33/h5-19H,1-4H3/b27-15+. The summed E-state index contributed by atoms with van der Waals surface area (Å²) < 4.78 is 0. The van der Waals surface area contributed by atoms with Crippen molar-refractivity contribution in [1.82, 2.24) is 15.0 Å². The van der Waals surface area contributed by atoms with E-state index in [1.807, 2.05) is 36.4 Å². The van der Waals surface area contributed by atoms with E-state index < -0.39 is 6.03 Å². The second-order valence-electron chi connectivity index (χ2n) is 10.5. The lowest BCUT2D eigenvalue weighted by Gasteiger charge is -2.28. The summed E-state index contributed by atoms with van der Waals surface area (Å²) in [6, 6.07) is 21.8. The molecular weight excluding hydrogens is 522 g/mol. The molecule has 8 nitrogen and oxygen atoms in total. The van der Waals surface area contributed by atoms with Crippen molar-refractivity contribution in [1.29, 1.82) is 0 Å². The molecule has 0 bridgehead atoms. The van der Waals surface area contributed by atoms with Crippen LogP contribution in [0, 0.1) is 27.7 Å². The molecule has 204 valence electrons. The minimum atomic E-state index is -0.541. The zero-order chi connectivity index (χ0) is 29.0. The minimum absolute atomic E-state index is 0.504. The first-order valence-electron chi connectivity index (χ1n) is 13.7. The molecule has 0 saturated carbocycles. The van der Waals surface area contributed by atoms with E-state index in [0.29, 0.717) is 10.7 Å². The maximum absolute atomic E-state index is 12.1. The van der Waals surface area contributed by atoms with Crippen molar-refractivity contribution in [3.05, 3.63) is 123 Å². The fraction of sp³-hybridized carbons (Fsp3) is 0.118. The summed E-state index contributed by atoms with van der Waals surface area (Å²) in [6.45, 7) is 8.44. The van der Waals surface area contributed by atoms with E-state index in [4.69, 9.17) is 9.97 Å². The number of allylic oxidation sites excluding steroid dienone is 1. The number of benzene rings is 3. The van der Waals surface area contributed by atoms with Crippen LogP contribution in [0.5, 0.6) is 0 Å². The predicted octanol–water partition coefficient (Wildman–Crippen LogP) is 6.04. The third-order valence-electron chi connectivity index (χ3n) is 7.64. The average molecular weight is 550 g/mol. The molecule has 2 aromatic heterocycles. The van der Waals surface area contributed by atoms with E-state index >= 15 is 0 Å². The molecule has 0 saturated heterocycles. The molecular formula is C34H27N7O. The number of fused-ring (bicyclic) bond motifs is 3. The van der Waals surface area contributed by atoms with E-state index in [2.05, 4.69) is 88.9 Å². The van der Waals surface area contributed by atoms with Gasteiger partial charge in [-0.2, -0.15) is 9.98 Å². The van der Waals surface area contributed by atoms with Crippen LogP contribution in [0.3, 0.4) is 0 Å². The quantitative estimate of drug-likeness (QED) is 0.273. The van der Waals surface area contributed by atoms with Gasteiger partial charge in [0.25, 0.3) is 0 Å². The van der Waals surface area contributed by atoms with Gasteiger partial charge in [-0.1, -0.05) is 48.5 Å². The second-order valence-corrected chi connectivity index (χ2v) is 10.5. The molecule has 4 heterocycles. The topological polar surface area (TPSA) is 86.9 Å². The Morgan fingerprint density at radius 2 is 1.21 bits per heavy atom. The first kappa shape index (κ1) is 25.5. The molecule has 42 heavy (non-hydrogen) atoms. The summed E-state index contributed by atoms with van der Waals surface area (Å²) in [7, 11) is 0. The molecule has 0 aliphatic carbocycles. The van der Waals surface area contributed by atoms with Gasteiger partial charge in [0.15, 0.2) is 11.6 Å². The number of aryl methyl sites for hydroxylation is 4. The monoisotopic (exact) mass is 549 g/mol. The SMILES string of the molecule is Cc1cccc(C)c1N1C(=C/C=c2/nccc3c2=NC(=O)N=C3)N(c2c(C)cccc2C)c2nc3ccccc3nc21. The lowest BCUT2D eigenvalue weighted by atomic mass is 10.1. The van der Waals surface area contributed by atoms with Gasteiger partial charge in [0.2, 0.25) is 0 Å². The van der Waals surface area contributed by atoms with E-state index in [9.17, 15) is 4.79 Å². The molecule has 2 amide bonds. The van der Waals surface area contributed by atoms with E-state index in [1.165, 1.54) is 6.21 Å². The summed E-state index contributed by atoms with van der Waals surface area (Å²) in [5, 5.41) is 1.08. The number of carbonyl (C=O) groups is 1. The lowest BCUT2D eigenvalue weighted by molar-refractivity contribution is 0.256. The van der Waals surface area contributed by atoms with Crippen LogP contribution in [0.4, 0.5) is 27.8 Å². The number of pyridine rings is 1. The van der Waals surface area contributed by atoms with Crippen LogP contribution in [-0.4, -0.2) is 27.2 Å². The van der Waals surface area contributed by atoms with E-state index in [0.717, 1.165) is 67.7 Å². The highest BCUT2D eigenvalue weighted by atomic mass is 16.2. The Morgan fingerprint density at radius 3 is 1.76 bits per heavy atom. The third kappa shape index (κ3) is 4.07. The van der Waals surface area contributed by atoms with Crippen molar-refractivity contribution in [3.8, 4) is 0 Å². The molecule has 0 unspecified atom stereocenters. The van der Waals surface area contributed by atoms with Gasteiger partial charge in [-0.05, 0) is 80.3 Å². The number of aromatic nitrogens is 3. The van der Waals surface area contributed by atoms with Crippen LogP contribution < -0.4 is 20.5 Å². The number of hydrogen-bond donors (Lipinski definition) is 0. The molecule has 8 heteroatoms. The number of hydrogen-bond acceptors (Lipinski definition) is 6. The number of anilines is 4. The Kier molecular flexibility index (Phi) is 5.97. The number of para-hydroxylation sites is 4. The van der Waals surface area contributed by atoms with Crippen LogP contribution in [0.2, 0.25) is 0 Å². The molecule has 0 atom stereocenters. The molecule has 0 spiro atoms. The highest BCUT2D eigenvalue weighted by Crippen LogP contribution is 2.51. The Bertz CT molecular complexity index is 1990. The fourth-order valence-electron chi connectivity index (χ4n) is 5.74. The van der Waals surface area contributed by atoms with Crippen molar-refractivity contribution in [2.75, 3.05) is 9.80 Å². The number of rotatable bonds is 3. The number of carbonyl (C=O) groups excluding carboxylic acids is 1. The minimum Gasteiger partial charge on any atom is -0.276 e. The number of nitrogens with zero attached hydrogens (tertiary/aromatic N) is 7. The lowest BCUT2D eigenvalue weighted by Crippen LogP contribution is -2.34. The van der Waals surface area contributed by atoms with Crippen molar-refractivity contribution >= 4 is 52.4 Å². The van der Waals surface area contributed by atoms with Crippen LogP contribution in [-0.2, 0) is 0 Å². The number of amides is 2. The van der Waals surface area contributed by atoms with Crippen molar-refractivity contribution < 1.29 is 4.79 Å². The van der Waals surface area contributed by atoms with Crippen molar-refractivity contribution in [3.63, 3.8) is 0 Å². The maximum Gasteiger partial charge on any atom is 0.367 e. The molecule has 0 N–H and O–H groups in total. The molecule has 0 radical (unpaired) electrons. The van der Waals surface area contributed by atoms with E-state index in [-0.39, 0.29) is 0 Å². The molecule has 0 fully saturated rings. The summed E-state index contributed by atoms with van der Waals surface area (Å²) in [4.78, 5) is 39.4. The smallest absolute Gasteiger partial charge is 0.276 e. The van der Waals surface area contributed by atoms with Gasteiger partial charge in [0, 0.05) is 18.0 Å². The molecule has 5 aromatic rings. The Balaban J connectivity index is 1.59. The zero-order valence-electron chi connectivity index (χ0n) is 23.7. The first-order valence-corrected chi connectivity index (χ1v) is 13.7. The van der Waals surface area contributed by atoms with Gasteiger partial charge >= 0.3 is 6.03 Å². The largest absolute Gasteiger partial charge is 0.367 e. The van der Waals surface area contributed by atoms with Crippen LogP contribution in [0.1, 0.15) is 27.8 Å². The first-order chi connectivity index (χ1) is 20.4. The molecule has 2 aliphatic rings. The third-order valence-corrected chi connectivity index (χ3v) is 7.64. The predicted molar refractivity (Wildman–Crippen MR) is 166 cm³/mol. The van der Waals surface area contributed by atoms with Gasteiger partial charge < -0.3 is 0 Å². The maximum atomic E-state index is 12.1.